The molecule has 56 valence electrons. The first-order valence-electron chi connectivity index (χ1n) is 3.46. The molecule has 0 fully saturated rings. The molecule has 2 atom stereocenters. The molecule has 0 amide bonds. The SMILES string of the molecule is CCCCCC(N)PO. The second kappa shape index (κ2) is 6.47. The van der Waals surface area contributed by atoms with Gasteiger partial charge in [0.15, 0.2) is 0 Å². The second-order valence-electron chi connectivity index (χ2n) is 2.23. The lowest BCUT2D eigenvalue weighted by molar-refractivity contribution is 0.595. The Balaban J connectivity index is 2.88. The summed E-state index contributed by atoms with van der Waals surface area (Å²) < 4.78 is 0. The summed E-state index contributed by atoms with van der Waals surface area (Å²) in [6.07, 6.45) is 4.59. The monoisotopic (exact) mass is 149 g/mol. The third kappa shape index (κ3) is 6.23. The Hall–Kier alpha value is 0.350. The van der Waals surface area contributed by atoms with E-state index in [1.165, 1.54) is 12.8 Å². The molecule has 0 aliphatic carbocycles. The van der Waals surface area contributed by atoms with Crippen LogP contribution in [0.5, 0.6) is 0 Å². The Morgan fingerprint density at radius 2 is 2.22 bits per heavy atom. The van der Waals surface area contributed by atoms with E-state index in [1.807, 2.05) is 0 Å². The van der Waals surface area contributed by atoms with Crippen LogP contribution in [-0.2, 0) is 0 Å². The van der Waals surface area contributed by atoms with Crippen LogP contribution in [-0.4, -0.2) is 10.7 Å². The van der Waals surface area contributed by atoms with E-state index in [2.05, 4.69) is 6.92 Å². The highest BCUT2D eigenvalue weighted by Gasteiger charge is 1.97. The van der Waals surface area contributed by atoms with Gasteiger partial charge in [0.2, 0.25) is 0 Å². The van der Waals surface area contributed by atoms with E-state index >= 15 is 0 Å². The predicted molar refractivity (Wildman–Crippen MR) is 42.7 cm³/mol. The summed E-state index contributed by atoms with van der Waals surface area (Å²) in [7, 11) is -0.0794. The second-order valence-corrected chi connectivity index (χ2v) is 3.23. The number of hydrogen-bond acceptors (Lipinski definition) is 2. The highest BCUT2D eigenvalue weighted by Crippen LogP contribution is 2.14. The van der Waals surface area contributed by atoms with E-state index in [0.717, 1.165) is 12.8 Å². The van der Waals surface area contributed by atoms with Gasteiger partial charge in [-0.3, -0.25) is 0 Å². The van der Waals surface area contributed by atoms with Crippen molar-refractivity contribution < 1.29 is 4.89 Å². The average Bonchev–Trinajstić information content (AvgIpc) is 1.89. The summed E-state index contributed by atoms with van der Waals surface area (Å²) in [6.45, 7) is 2.16. The fourth-order valence-corrected chi connectivity index (χ4v) is 1.01. The Labute approximate surface area is 58.7 Å². The van der Waals surface area contributed by atoms with Crippen LogP contribution in [0.3, 0.4) is 0 Å². The minimum Gasteiger partial charge on any atom is -0.375 e. The van der Waals surface area contributed by atoms with Crippen LogP contribution >= 0.6 is 8.81 Å². The minimum atomic E-state index is -0.0794. The summed E-state index contributed by atoms with van der Waals surface area (Å²) >= 11 is 0. The van der Waals surface area contributed by atoms with E-state index in [0.29, 0.717) is 0 Å². The summed E-state index contributed by atoms with van der Waals surface area (Å²) in [5.74, 6) is 0.0385. The molecule has 0 aromatic rings. The van der Waals surface area contributed by atoms with Gasteiger partial charge in [0, 0.05) is 14.6 Å². The van der Waals surface area contributed by atoms with Crippen molar-refractivity contribution in [2.45, 2.75) is 38.4 Å². The van der Waals surface area contributed by atoms with E-state index in [1.54, 1.807) is 0 Å². The number of nitrogens with two attached hydrogens (primary N) is 1. The van der Waals surface area contributed by atoms with Crippen LogP contribution < -0.4 is 5.73 Å². The molecule has 0 aromatic carbocycles. The summed E-state index contributed by atoms with van der Waals surface area (Å²) in [5, 5.41) is 0. The first-order valence-corrected chi connectivity index (χ1v) is 4.49. The maximum absolute atomic E-state index is 8.54. The number of hydrogen-bond donors (Lipinski definition) is 2. The molecule has 0 aromatic heterocycles. The normalized spacial score (nSPS) is 15.0. The molecular weight excluding hydrogens is 133 g/mol. The Morgan fingerprint density at radius 3 is 2.67 bits per heavy atom. The van der Waals surface area contributed by atoms with Gasteiger partial charge in [0.25, 0.3) is 0 Å². The van der Waals surface area contributed by atoms with Crippen molar-refractivity contribution >= 4 is 8.81 Å². The zero-order chi connectivity index (χ0) is 7.11. The Morgan fingerprint density at radius 1 is 1.56 bits per heavy atom. The van der Waals surface area contributed by atoms with Crippen molar-refractivity contribution in [3.63, 3.8) is 0 Å². The van der Waals surface area contributed by atoms with Gasteiger partial charge in [-0.1, -0.05) is 26.2 Å². The van der Waals surface area contributed by atoms with Crippen molar-refractivity contribution in [3.8, 4) is 0 Å². The Bertz CT molecular complexity index is 61.0. The van der Waals surface area contributed by atoms with Gasteiger partial charge in [0.1, 0.15) is 0 Å². The summed E-state index contributed by atoms with van der Waals surface area (Å²) in [4.78, 5) is 8.54. The molecule has 0 saturated carbocycles. The molecule has 0 aliphatic heterocycles. The first kappa shape index (κ1) is 9.35. The third-order valence-electron chi connectivity index (χ3n) is 1.28. The van der Waals surface area contributed by atoms with E-state index in [9.17, 15) is 0 Å². The average molecular weight is 149 g/mol. The van der Waals surface area contributed by atoms with Crippen molar-refractivity contribution in [1.82, 2.24) is 0 Å². The van der Waals surface area contributed by atoms with E-state index in [4.69, 9.17) is 10.6 Å². The molecule has 3 N–H and O–H groups in total. The number of rotatable bonds is 5. The molecule has 0 spiro atoms. The maximum atomic E-state index is 8.54. The fraction of sp³-hybridized carbons (Fsp3) is 1.00. The molecule has 0 heterocycles. The van der Waals surface area contributed by atoms with Gasteiger partial charge >= 0.3 is 0 Å². The van der Waals surface area contributed by atoms with E-state index < -0.39 is 0 Å². The van der Waals surface area contributed by atoms with Gasteiger partial charge in [-0.05, 0) is 6.42 Å². The molecule has 0 bridgehead atoms. The molecule has 0 aliphatic rings. The summed E-state index contributed by atoms with van der Waals surface area (Å²) in [5.41, 5.74) is 5.48. The van der Waals surface area contributed by atoms with Crippen molar-refractivity contribution in [1.29, 1.82) is 0 Å². The zero-order valence-corrected chi connectivity index (χ0v) is 6.93. The molecule has 3 heteroatoms. The quantitative estimate of drug-likeness (QED) is 0.459. The lowest BCUT2D eigenvalue weighted by Gasteiger charge is -2.04. The van der Waals surface area contributed by atoms with Gasteiger partial charge in [-0.15, -0.1) is 0 Å². The van der Waals surface area contributed by atoms with Gasteiger partial charge in [-0.25, -0.2) is 0 Å². The summed E-state index contributed by atoms with van der Waals surface area (Å²) in [6, 6.07) is 0. The van der Waals surface area contributed by atoms with Gasteiger partial charge in [0.05, 0.1) is 0 Å². The third-order valence-corrected chi connectivity index (χ3v) is 1.90. The molecule has 2 nitrogen and oxygen atoms in total. The minimum absolute atomic E-state index is 0.0385. The van der Waals surface area contributed by atoms with Crippen molar-refractivity contribution in [2.75, 3.05) is 0 Å². The van der Waals surface area contributed by atoms with Crippen molar-refractivity contribution in [3.05, 3.63) is 0 Å². The highest BCUT2D eigenvalue weighted by atomic mass is 31.1. The topological polar surface area (TPSA) is 46.2 Å². The molecule has 9 heavy (non-hydrogen) atoms. The number of unbranched alkanes of at least 4 members (excludes halogenated alkanes) is 2. The Kier molecular flexibility index (Phi) is 6.72. The van der Waals surface area contributed by atoms with Crippen LogP contribution in [0.4, 0.5) is 0 Å². The molecule has 0 saturated heterocycles. The highest BCUT2D eigenvalue weighted by molar-refractivity contribution is 7.31. The maximum Gasteiger partial charge on any atom is 0.0460 e. The zero-order valence-electron chi connectivity index (χ0n) is 5.93. The smallest absolute Gasteiger partial charge is 0.0460 e. The van der Waals surface area contributed by atoms with Crippen molar-refractivity contribution in [2.24, 2.45) is 5.73 Å². The van der Waals surface area contributed by atoms with Crippen LogP contribution in [0.1, 0.15) is 32.6 Å². The van der Waals surface area contributed by atoms with Crippen LogP contribution in [0.2, 0.25) is 0 Å². The largest absolute Gasteiger partial charge is 0.375 e. The van der Waals surface area contributed by atoms with Gasteiger partial charge in [-0.2, -0.15) is 0 Å². The lowest BCUT2D eigenvalue weighted by atomic mass is 10.2. The first-order chi connectivity index (χ1) is 4.31. The van der Waals surface area contributed by atoms with Crippen LogP contribution in [0, 0.1) is 0 Å². The molecule has 2 unspecified atom stereocenters. The van der Waals surface area contributed by atoms with Crippen LogP contribution in [0.25, 0.3) is 0 Å². The van der Waals surface area contributed by atoms with E-state index in [-0.39, 0.29) is 14.6 Å². The molecular formula is C6H16NOP. The standard InChI is InChI=1S/C6H16NOP/c1-2-3-4-5-6(7)9-8/h6,8-9H,2-5,7H2,1H3. The van der Waals surface area contributed by atoms with Gasteiger partial charge < -0.3 is 10.6 Å². The predicted octanol–water partition coefficient (Wildman–Crippen LogP) is 1.44. The van der Waals surface area contributed by atoms with Crippen LogP contribution in [0.15, 0.2) is 0 Å². The lowest BCUT2D eigenvalue weighted by Crippen LogP contribution is -2.12. The fourth-order valence-electron chi connectivity index (χ4n) is 0.679. The molecule has 0 rings (SSSR count). The molecule has 0 radical (unpaired) electrons.